The van der Waals surface area contributed by atoms with Crippen molar-refractivity contribution in [2.45, 2.75) is 40.2 Å². The third-order valence-electron chi connectivity index (χ3n) is 4.38. The predicted octanol–water partition coefficient (Wildman–Crippen LogP) is 2.93. The molecule has 1 aromatic carbocycles. The smallest absolute Gasteiger partial charge is 0.302 e. The highest BCUT2D eigenvalue weighted by atomic mass is 16.6. The average molecular weight is 323 g/mol. The van der Waals surface area contributed by atoms with Crippen LogP contribution in [0.15, 0.2) is 6.07 Å². The normalized spacial score (nSPS) is 17.1. The molecule has 0 aliphatic carbocycles. The van der Waals surface area contributed by atoms with Gasteiger partial charge in [-0.3, -0.25) is 20.2 Å². The quantitative estimate of drug-likeness (QED) is 0.674. The molecule has 1 aliphatic rings. The largest absolute Gasteiger partial charge is 0.392 e. The molecule has 8 nitrogen and oxygen atoms in total. The molecule has 126 valence electrons. The number of benzene rings is 1. The Bertz CT molecular complexity index is 657. The van der Waals surface area contributed by atoms with E-state index in [1.165, 1.54) is 13.0 Å². The lowest BCUT2D eigenvalue weighted by atomic mass is 9.83. The number of aliphatic hydroxyl groups excluding tert-OH is 1. The van der Waals surface area contributed by atoms with Crippen LogP contribution in [0.4, 0.5) is 17.1 Å². The van der Waals surface area contributed by atoms with E-state index in [0.717, 1.165) is 12.8 Å². The number of nitro groups is 2. The molecule has 0 atom stereocenters. The van der Waals surface area contributed by atoms with Gasteiger partial charge in [-0.25, -0.2) is 0 Å². The van der Waals surface area contributed by atoms with Gasteiger partial charge in [0, 0.05) is 24.7 Å². The summed E-state index contributed by atoms with van der Waals surface area (Å²) in [5.41, 5.74) is -0.110. The molecular weight excluding hydrogens is 302 g/mol. The van der Waals surface area contributed by atoms with Crippen molar-refractivity contribution in [3.63, 3.8) is 0 Å². The van der Waals surface area contributed by atoms with Crippen LogP contribution in [-0.2, 0) is 6.61 Å². The third-order valence-corrected chi connectivity index (χ3v) is 4.38. The Morgan fingerprint density at radius 1 is 1.30 bits per heavy atom. The molecule has 23 heavy (non-hydrogen) atoms. The van der Waals surface area contributed by atoms with E-state index in [4.69, 9.17) is 0 Å². The van der Waals surface area contributed by atoms with E-state index >= 15 is 0 Å². The lowest BCUT2D eigenvalue weighted by molar-refractivity contribution is -0.393. The number of nitrogens with zero attached hydrogens (tertiary/aromatic N) is 3. The van der Waals surface area contributed by atoms with Crippen molar-refractivity contribution in [3.8, 4) is 0 Å². The monoisotopic (exact) mass is 323 g/mol. The first-order chi connectivity index (χ1) is 10.7. The Labute approximate surface area is 134 Å². The summed E-state index contributed by atoms with van der Waals surface area (Å²) in [7, 11) is 0. The van der Waals surface area contributed by atoms with E-state index in [2.05, 4.69) is 0 Å². The minimum Gasteiger partial charge on any atom is -0.392 e. The molecule has 1 aromatic rings. The Balaban J connectivity index is 2.71. The van der Waals surface area contributed by atoms with Crippen LogP contribution in [0.1, 0.15) is 37.8 Å². The zero-order valence-corrected chi connectivity index (χ0v) is 13.5. The van der Waals surface area contributed by atoms with Crippen LogP contribution in [0, 0.1) is 32.6 Å². The maximum Gasteiger partial charge on any atom is 0.302 e. The van der Waals surface area contributed by atoms with E-state index in [1.54, 1.807) is 4.90 Å². The zero-order valence-electron chi connectivity index (χ0n) is 13.5. The Morgan fingerprint density at radius 3 is 2.43 bits per heavy atom. The summed E-state index contributed by atoms with van der Waals surface area (Å²) >= 11 is 0. The third kappa shape index (κ3) is 3.26. The molecule has 0 unspecified atom stereocenters. The van der Waals surface area contributed by atoms with Gasteiger partial charge in [0.05, 0.1) is 16.5 Å². The SMILES string of the molecule is Cc1c(CO)cc([N+](=O)[O-])c(N2CCCC(C)(C)C2)c1[N+](=O)[O-]. The minimum atomic E-state index is -0.609. The van der Waals surface area contributed by atoms with Gasteiger partial charge < -0.3 is 10.0 Å². The number of aliphatic hydroxyl groups is 1. The lowest BCUT2D eigenvalue weighted by Crippen LogP contribution is -2.40. The fourth-order valence-corrected chi connectivity index (χ4v) is 3.25. The standard InChI is InChI=1S/C15H21N3O5/c1-10-11(8-19)7-12(17(20)21)14(13(10)18(22)23)16-6-4-5-15(2,3)9-16/h7,19H,4-6,8-9H2,1-3H3. The molecular formula is C15H21N3O5. The molecule has 1 heterocycles. The number of nitro benzene ring substituents is 2. The highest BCUT2D eigenvalue weighted by molar-refractivity contribution is 5.79. The van der Waals surface area contributed by atoms with Gasteiger partial charge in [-0.2, -0.15) is 0 Å². The topological polar surface area (TPSA) is 110 Å². The first-order valence-electron chi connectivity index (χ1n) is 7.49. The van der Waals surface area contributed by atoms with Gasteiger partial charge in [0.15, 0.2) is 5.69 Å². The van der Waals surface area contributed by atoms with Crippen LogP contribution < -0.4 is 4.90 Å². The van der Waals surface area contributed by atoms with E-state index in [9.17, 15) is 25.3 Å². The second kappa shape index (κ2) is 6.11. The number of anilines is 1. The summed E-state index contributed by atoms with van der Waals surface area (Å²) in [4.78, 5) is 23.6. The van der Waals surface area contributed by atoms with Gasteiger partial charge in [0.25, 0.3) is 5.69 Å². The van der Waals surface area contributed by atoms with Crippen molar-refractivity contribution < 1.29 is 15.0 Å². The lowest BCUT2D eigenvalue weighted by Gasteiger charge is -2.39. The fourth-order valence-electron chi connectivity index (χ4n) is 3.25. The summed E-state index contributed by atoms with van der Waals surface area (Å²) in [5, 5.41) is 32.4. The van der Waals surface area contributed by atoms with Crippen molar-refractivity contribution in [3.05, 3.63) is 37.4 Å². The maximum absolute atomic E-state index is 11.6. The molecule has 1 fully saturated rings. The molecule has 0 amide bonds. The van der Waals surface area contributed by atoms with Gasteiger partial charge in [0.2, 0.25) is 0 Å². The highest BCUT2D eigenvalue weighted by Gasteiger charge is 2.37. The van der Waals surface area contributed by atoms with Crippen LogP contribution in [0.25, 0.3) is 0 Å². The van der Waals surface area contributed by atoms with Crippen molar-refractivity contribution >= 4 is 17.1 Å². The molecule has 1 aliphatic heterocycles. The number of hydrogen-bond donors (Lipinski definition) is 1. The summed E-state index contributed by atoms with van der Waals surface area (Å²) in [6.45, 7) is 6.21. The second-order valence-electron chi connectivity index (χ2n) is 6.74. The van der Waals surface area contributed by atoms with E-state index in [-0.39, 0.29) is 33.6 Å². The highest BCUT2D eigenvalue weighted by Crippen LogP contribution is 2.44. The van der Waals surface area contributed by atoms with Gasteiger partial charge in [-0.15, -0.1) is 0 Å². The van der Waals surface area contributed by atoms with E-state index in [0.29, 0.717) is 13.1 Å². The van der Waals surface area contributed by atoms with Crippen LogP contribution in [0.5, 0.6) is 0 Å². The Morgan fingerprint density at radius 2 is 1.96 bits per heavy atom. The molecule has 0 bridgehead atoms. The average Bonchev–Trinajstić information content (AvgIpc) is 2.44. The van der Waals surface area contributed by atoms with Crippen molar-refractivity contribution in [2.75, 3.05) is 18.0 Å². The molecule has 2 rings (SSSR count). The minimum absolute atomic E-state index is 0.0578. The zero-order chi connectivity index (χ0) is 17.4. The Kier molecular flexibility index (Phi) is 4.56. The number of piperidine rings is 1. The predicted molar refractivity (Wildman–Crippen MR) is 85.6 cm³/mol. The first-order valence-corrected chi connectivity index (χ1v) is 7.49. The summed E-state index contributed by atoms with van der Waals surface area (Å²) in [6, 6.07) is 1.25. The molecule has 0 radical (unpaired) electrons. The van der Waals surface area contributed by atoms with Crippen molar-refractivity contribution in [1.82, 2.24) is 0 Å². The molecule has 0 saturated carbocycles. The maximum atomic E-state index is 11.6. The van der Waals surface area contributed by atoms with Crippen LogP contribution in [-0.4, -0.2) is 28.0 Å². The molecule has 1 saturated heterocycles. The van der Waals surface area contributed by atoms with Crippen LogP contribution in [0.2, 0.25) is 0 Å². The summed E-state index contributed by atoms with van der Waals surface area (Å²) in [6.07, 6.45) is 1.79. The Hall–Kier alpha value is -2.22. The number of hydrogen-bond acceptors (Lipinski definition) is 6. The number of rotatable bonds is 4. The molecule has 0 spiro atoms. The van der Waals surface area contributed by atoms with Crippen molar-refractivity contribution in [2.24, 2.45) is 5.41 Å². The van der Waals surface area contributed by atoms with Gasteiger partial charge in [-0.1, -0.05) is 13.8 Å². The van der Waals surface area contributed by atoms with E-state index < -0.39 is 16.5 Å². The second-order valence-corrected chi connectivity index (χ2v) is 6.74. The van der Waals surface area contributed by atoms with Gasteiger partial charge in [-0.05, 0) is 30.7 Å². The van der Waals surface area contributed by atoms with Crippen molar-refractivity contribution in [1.29, 1.82) is 0 Å². The molecule has 0 aromatic heterocycles. The summed E-state index contributed by atoms with van der Waals surface area (Å²) < 4.78 is 0. The fraction of sp³-hybridized carbons (Fsp3) is 0.600. The molecule has 8 heteroatoms. The van der Waals surface area contributed by atoms with Crippen LogP contribution >= 0.6 is 0 Å². The van der Waals surface area contributed by atoms with Gasteiger partial charge >= 0.3 is 5.69 Å². The summed E-state index contributed by atoms with van der Waals surface area (Å²) in [5.74, 6) is 0. The molecule has 1 N–H and O–H groups in total. The van der Waals surface area contributed by atoms with Crippen LogP contribution in [0.3, 0.4) is 0 Å². The van der Waals surface area contributed by atoms with Gasteiger partial charge in [0.1, 0.15) is 0 Å². The first kappa shape index (κ1) is 17.1. The van der Waals surface area contributed by atoms with E-state index in [1.807, 2.05) is 13.8 Å².